The van der Waals surface area contributed by atoms with Crippen molar-refractivity contribution in [3.8, 4) is 0 Å². The van der Waals surface area contributed by atoms with Crippen LogP contribution in [-0.2, 0) is 6.54 Å². The fourth-order valence-electron chi connectivity index (χ4n) is 3.24. The number of amides is 1. The molecule has 1 aromatic heterocycles. The molecule has 0 saturated carbocycles. The maximum atomic E-state index is 11.4. The van der Waals surface area contributed by atoms with Crippen LogP contribution in [0.4, 0.5) is 0 Å². The van der Waals surface area contributed by atoms with Gasteiger partial charge in [0.1, 0.15) is 0 Å². The lowest BCUT2D eigenvalue weighted by molar-refractivity contribution is 0.0957. The Bertz CT molecular complexity index is 469. The van der Waals surface area contributed by atoms with Crippen LogP contribution in [0.1, 0.15) is 33.8 Å². The summed E-state index contributed by atoms with van der Waals surface area (Å²) in [7, 11) is 0. The van der Waals surface area contributed by atoms with E-state index in [-0.39, 0.29) is 5.91 Å². The molecule has 0 bridgehead atoms. The maximum Gasteiger partial charge on any atom is 0.275 e. The van der Waals surface area contributed by atoms with Gasteiger partial charge in [0.2, 0.25) is 0 Å². The number of nitrogens with one attached hydrogen (secondary N) is 1. The van der Waals surface area contributed by atoms with Crippen LogP contribution in [0.25, 0.3) is 0 Å². The third-order valence-corrected chi connectivity index (χ3v) is 5.37. The monoisotopic (exact) mass is 294 g/mol. The van der Waals surface area contributed by atoms with Crippen molar-refractivity contribution in [3.05, 3.63) is 21.9 Å². The second-order valence-corrected chi connectivity index (χ2v) is 6.83. The molecule has 3 heterocycles. The van der Waals surface area contributed by atoms with Gasteiger partial charge in [-0.1, -0.05) is 0 Å². The highest BCUT2D eigenvalue weighted by atomic mass is 32.1. The Labute approximate surface area is 123 Å². The van der Waals surface area contributed by atoms with E-state index in [2.05, 4.69) is 15.2 Å². The van der Waals surface area contributed by atoms with Crippen molar-refractivity contribution < 1.29 is 4.79 Å². The van der Waals surface area contributed by atoms with Crippen LogP contribution < -0.4 is 11.3 Å². The second-order valence-electron chi connectivity index (χ2n) is 5.66. The van der Waals surface area contributed by atoms with Gasteiger partial charge in [-0.15, -0.1) is 11.3 Å². The van der Waals surface area contributed by atoms with E-state index in [0.29, 0.717) is 4.88 Å². The van der Waals surface area contributed by atoms with Gasteiger partial charge in [-0.25, -0.2) is 5.84 Å². The highest BCUT2D eigenvalue weighted by molar-refractivity contribution is 7.14. The minimum Gasteiger partial charge on any atom is -0.299 e. The van der Waals surface area contributed by atoms with E-state index in [1.54, 1.807) is 0 Å². The Morgan fingerprint density at radius 1 is 1.35 bits per heavy atom. The standard InChI is InChI=1S/C14H22N4OS/c15-16-14(19)13-4-3-12(20-13)10-17-8-5-11(9-17)18-6-1-2-7-18/h3-4,11H,1-2,5-10,15H2,(H,16,19). The van der Waals surface area contributed by atoms with E-state index in [0.717, 1.165) is 25.7 Å². The van der Waals surface area contributed by atoms with Crippen LogP contribution in [-0.4, -0.2) is 47.9 Å². The van der Waals surface area contributed by atoms with Crippen LogP contribution in [0.5, 0.6) is 0 Å². The largest absolute Gasteiger partial charge is 0.299 e. The number of carbonyl (C=O) groups excluding carboxylic acids is 1. The smallest absolute Gasteiger partial charge is 0.275 e. The Balaban J connectivity index is 1.53. The first kappa shape index (κ1) is 14.0. The average Bonchev–Trinajstić information content (AvgIpc) is 3.19. The van der Waals surface area contributed by atoms with Gasteiger partial charge in [-0.05, 0) is 44.5 Å². The Kier molecular flexibility index (Phi) is 4.35. The maximum absolute atomic E-state index is 11.4. The molecular formula is C14H22N4OS. The van der Waals surface area contributed by atoms with Crippen LogP contribution in [0.3, 0.4) is 0 Å². The summed E-state index contributed by atoms with van der Waals surface area (Å²) in [5, 5.41) is 0. The van der Waals surface area contributed by atoms with E-state index in [9.17, 15) is 4.79 Å². The normalized spacial score (nSPS) is 24.4. The highest BCUT2D eigenvalue weighted by Crippen LogP contribution is 2.24. The molecule has 0 aliphatic carbocycles. The Hall–Kier alpha value is -0.950. The Morgan fingerprint density at radius 3 is 2.90 bits per heavy atom. The van der Waals surface area contributed by atoms with E-state index in [1.807, 2.05) is 12.1 Å². The van der Waals surface area contributed by atoms with Crippen LogP contribution in [0, 0.1) is 0 Å². The zero-order chi connectivity index (χ0) is 13.9. The molecule has 2 aliphatic heterocycles. The van der Waals surface area contributed by atoms with Gasteiger partial charge in [0, 0.05) is 30.6 Å². The SMILES string of the molecule is NNC(=O)c1ccc(CN2CCC(N3CCCC3)C2)s1. The van der Waals surface area contributed by atoms with Gasteiger partial charge in [0.25, 0.3) is 5.91 Å². The van der Waals surface area contributed by atoms with Crippen molar-refractivity contribution in [3.63, 3.8) is 0 Å². The molecule has 5 nitrogen and oxygen atoms in total. The molecule has 1 atom stereocenters. The quantitative estimate of drug-likeness (QED) is 0.494. The van der Waals surface area contributed by atoms with Gasteiger partial charge >= 0.3 is 0 Å². The summed E-state index contributed by atoms with van der Waals surface area (Å²) in [6.45, 7) is 5.83. The average molecular weight is 294 g/mol. The van der Waals surface area contributed by atoms with Gasteiger partial charge < -0.3 is 0 Å². The lowest BCUT2D eigenvalue weighted by Crippen LogP contribution is -2.35. The number of thiophene rings is 1. The third kappa shape index (κ3) is 3.03. The number of nitrogen functional groups attached to an aromatic ring is 1. The van der Waals surface area contributed by atoms with Crippen molar-refractivity contribution in [1.82, 2.24) is 15.2 Å². The number of nitrogens with zero attached hydrogens (tertiary/aromatic N) is 2. The summed E-state index contributed by atoms with van der Waals surface area (Å²) >= 11 is 1.54. The van der Waals surface area contributed by atoms with E-state index < -0.39 is 0 Å². The molecule has 110 valence electrons. The van der Waals surface area contributed by atoms with E-state index >= 15 is 0 Å². The number of hydrazine groups is 1. The molecule has 2 saturated heterocycles. The van der Waals surface area contributed by atoms with Crippen LogP contribution in [0.15, 0.2) is 12.1 Å². The Morgan fingerprint density at radius 2 is 2.15 bits per heavy atom. The molecule has 2 fully saturated rings. The summed E-state index contributed by atoms with van der Waals surface area (Å²) < 4.78 is 0. The predicted molar refractivity (Wildman–Crippen MR) is 80.5 cm³/mol. The minimum atomic E-state index is -0.197. The number of nitrogens with two attached hydrogens (primary N) is 1. The minimum absolute atomic E-state index is 0.197. The molecule has 0 spiro atoms. The van der Waals surface area contributed by atoms with Crippen molar-refractivity contribution >= 4 is 17.2 Å². The number of carbonyl (C=O) groups is 1. The van der Waals surface area contributed by atoms with Crippen molar-refractivity contribution in [1.29, 1.82) is 0 Å². The first-order chi connectivity index (χ1) is 9.76. The summed E-state index contributed by atoms with van der Waals surface area (Å²) in [5.74, 6) is 4.96. The predicted octanol–water partition coefficient (Wildman–Crippen LogP) is 1.02. The summed E-state index contributed by atoms with van der Waals surface area (Å²) in [6, 6.07) is 4.64. The van der Waals surface area contributed by atoms with Crippen LogP contribution >= 0.6 is 11.3 Å². The molecule has 3 N–H and O–H groups in total. The molecule has 0 radical (unpaired) electrons. The number of hydrogen-bond acceptors (Lipinski definition) is 5. The lowest BCUT2D eigenvalue weighted by Gasteiger charge is -2.23. The first-order valence-corrected chi connectivity index (χ1v) is 8.14. The second kappa shape index (κ2) is 6.22. The first-order valence-electron chi connectivity index (χ1n) is 7.32. The van der Waals surface area contributed by atoms with Gasteiger partial charge in [-0.3, -0.25) is 20.0 Å². The van der Waals surface area contributed by atoms with E-state index in [4.69, 9.17) is 5.84 Å². The molecule has 1 amide bonds. The zero-order valence-electron chi connectivity index (χ0n) is 11.7. The van der Waals surface area contributed by atoms with E-state index in [1.165, 1.54) is 48.6 Å². The summed E-state index contributed by atoms with van der Waals surface area (Å²) in [5.41, 5.74) is 2.18. The van der Waals surface area contributed by atoms with Crippen molar-refractivity contribution in [2.75, 3.05) is 26.2 Å². The third-order valence-electron chi connectivity index (χ3n) is 4.30. The highest BCUT2D eigenvalue weighted by Gasteiger charge is 2.29. The molecule has 1 aromatic rings. The molecule has 20 heavy (non-hydrogen) atoms. The number of hydrogen-bond donors (Lipinski definition) is 2. The lowest BCUT2D eigenvalue weighted by atomic mass is 10.2. The molecule has 2 aliphatic rings. The molecule has 3 rings (SSSR count). The fraction of sp³-hybridized carbons (Fsp3) is 0.643. The molecule has 1 unspecified atom stereocenters. The zero-order valence-corrected chi connectivity index (χ0v) is 12.5. The fourth-order valence-corrected chi connectivity index (χ4v) is 4.19. The van der Waals surface area contributed by atoms with Gasteiger partial charge in [0.05, 0.1) is 4.88 Å². The van der Waals surface area contributed by atoms with Gasteiger partial charge in [0.15, 0.2) is 0 Å². The summed E-state index contributed by atoms with van der Waals surface area (Å²) in [4.78, 5) is 18.5. The van der Waals surface area contributed by atoms with Gasteiger partial charge in [-0.2, -0.15) is 0 Å². The molecule has 0 aromatic carbocycles. The number of likely N-dealkylation sites (tertiary alicyclic amines) is 2. The molecular weight excluding hydrogens is 272 g/mol. The number of rotatable bonds is 4. The van der Waals surface area contributed by atoms with Crippen molar-refractivity contribution in [2.45, 2.75) is 31.8 Å². The topological polar surface area (TPSA) is 61.6 Å². The van der Waals surface area contributed by atoms with Crippen molar-refractivity contribution in [2.24, 2.45) is 5.84 Å². The van der Waals surface area contributed by atoms with Crippen LogP contribution in [0.2, 0.25) is 0 Å². The summed E-state index contributed by atoms with van der Waals surface area (Å²) in [6.07, 6.45) is 4.00. The molecule has 6 heteroatoms.